The smallest absolute Gasteiger partial charge is 0.0670 e. The first-order valence-corrected chi connectivity index (χ1v) is 3.88. The van der Waals surface area contributed by atoms with E-state index in [1.54, 1.807) is 5.01 Å². The van der Waals surface area contributed by atoms with Crippen molar-refractivity contribution < 1.29 is 5.11 Å². The van der Waals surface area contributed by atoms with Crippen LogP contribution in [-0.4, -0.2) is 28.8 Å². The van der Waals surface area contributed by atoms with E-state index in [0.717, 1.165) is 32.4 Å². The van der Waals surface area contributed by atoms with E-state index in [1.807, 2.05) is 6.92 Å². The van der Waals surface area contributed by atoms with E-state index in [9.17, 15) is 5.11 Å². The maximum Gasteiger partial charge on any atom is 0.0670 e. The molecule has 10 heavy (non-hydrogen) atoms. The monoisotopic (exact) mass is 144 g/mol. The van der Waals surface area contributed by atoms with Crippen LogP contribution >= 0.6 is 0 Å². The third-order valence-electron chi connectivity index (χ3n) is 2.39. The van der Waals surface area contributed by atoms with Crippen LogP contribution in [0.1, 0.15) is 26.2 Å². The van der Waals surface area contributed by atoms with Crippen LogP contribution in [0.5, 0.6) is 0 Å². The van der Waals surface area contributed by atoms with Crippen molar-refractivity contribution >= 4 is 0 Å². The highest BCUT2D eigenvalue weighted by Gasteiger charge is 2.28. The van der Waals surface area contributed by atoms with Gasteiger partial charge in [-0.3, -0.25) is 5.84 Å². The average molecular weight is 144 g/mol. The van der Waals surface area contributed by atoms with Crippen LogP contribution < -0.4 is 5.84 Å². The molecule has 0 aromatic carbocycles. The standard InChI is InChI=1S/C7H16N2O/c1-2-7(10)3-5-9(8)6-4-7/h10H,2-6,8H2,1H3. The Morgan fingerprint density at radius 3 is 2.40 bits per heavy atom. The van der Waals surface area contributed by atoms with Crippen molar-refractivity contribution in [3.63, 3.8) is 0 Å². The van der Waals surface area contributed by atoms with E-state index >= 15 is 0 Å². The van der Waals surface area contributed by atoms with Gasteiger partial charge in [0.1, 0.15) is 0 Å². The molecule has 0 aliphatic carbocycles. The predicted octanol–water partition coefficient (Wildman–Crippen LogP) is 0.0970. The molecule has 1 fully saturated rings. The maximum absolute atomic E-state index is 9.72. The van der Waals surface area contributed by atoms with Gasteiger partial charge < -0.3 is 5.11 Å². The molecule has 0 radical (unpaired) electrons. The van der Waals surface area contributed by atoms with Crippen molar-refractivity contribution in [2.45, 2.75) is 31.8 Å². The minimum absolute atomic E-state index is 0.421. The van der Waals surface area contributed by atoms with Gasteiger partial charge in [-0.25, -0.2) is 5.01 Å². The fourth-order valence-corrected chi connectivity index (χ4v) is 1.29. The molecule has 0 saturated carbocycles. The Morgan fingerprint density at radius 1 is 1.50 bits per heavy atom. The number of hydrazine groups is 1. The van der Waals surface area contributed by atoms with Crippen LogP contribution in [0.25, 0.3) is 0 Å². The van der Waals surface area contributed by atoms with Crippen LogP contribution in [0.4, 0.5) is 0 Å². The van der Waals surface area contributed by atoms with Gasteiger partial charge in [-0.2, -0.15) is 0 Å². The molecule has 1 aliphatic heterocycles. The topological polar surface area (TPSA) is 49.5 Å². The van der Waals surface area contributed by atoms with Gasteiger partial charge in [-0.15, -0.1) is 0 Å². The number of nitrogens with two attached hydrogens (primary N) is 1. The van der Waals surface area contributed by atoms with Gasteiger partial charge >= 0.3 is 0 Å². The normalized spacial score (nSPS) is 26.7. The predicted molar refractivity (Wildman–Crippen MR) is 40.2 cm³/mol. The first-order valence-electron chi connectivity index (χ1n) is 3.88. The molecule has 1 saturated heterocycles. The Kier molecular flexibility index (Phi) is 2.28. The van der Waals surface area contributed by atoms with Crippen LogP contribution in [0.15, 0.2) is 0 Å². The highest BCUT2D eigenvalue weighted by atomic mass is 16.3. The number of hydrogen-bond donors (Lipinski definition) is 2. The van der Waals surface area contributed by atoms with E-state index in [2.05, 4.69) is 0 Å². The fourth-order valence-electron chi connectivity index (χ4n) is 1.29. The Morgan fingerprint density at radius 2 is 2.00 bits per heavy atom. The quantitative estimate of drug-likeness (QED) is 0.513. The Hall–Kier alpha value is -0.120. The molecule has 3 N–H and O–H groups in total. The lowest BCUT2D eigenvalue weighted by Crippen LogP contribution is -2.46. The second-order valence-electron chi connectivity index (χ2n) is 3.11. The van der Waals surface area contributed by atoms with E-state index in [1.165, 1.54) is 0 Å². The molecule has 3 heteroatoms. The molecule has 1 heterocycles. The van der Waals surface area contributed by atoms with Gasteiger partial charge in [0.15, 0.2) is 0 Å². The zero-order valence-electron chi connectivity index (χ0n) is 6.51. The summed E-state index contributed by atoms with van der Waals surface area (Å²) in [7, 11) is 0. The number of piperidine rings is 1. The van der Waals surface area contributed by atoms with Gasteiger partial charge in [-0.05, 0) is 19.3 Å². The van der Waals surface area contributed by atoms with E-state index in [4.69, 9.17) is 5.84 Å². The van der Waals surface area contributed by atoms with Crippen LogP contribution in [0.2, 0.25) is 0 Å². The van der Waals surface area contributed by atoms with Crippen molar-refractivity contribution in [3.8, 4) is 0 Å². The minimum Gasteiger partial charge on any atom is -0.390 e. The summed E-state index contributed by atoms with van der Waals surface area (Å²) in [4.78, 5) is 0. The number of nitrogens with zero attached hydrogens (tertiary/aromatic N) is 1. The van der Waals surface area contributed by atoms with Crippen molar-refractivity contribution in [3.05, 3.63) is 0 Å². The van der Waals surface area contributed by atoms with Crippen LogP contribution in [0, 0.1) is 0 Å². The third-order valence-corrected chi connectivity index (χ3v) is 2.39. The van der Waals surface area contributed by atoms with E-state index in [-0.39, 0.29) is 0 Å². The molecule has 1 rings (SSSR count). The first kappa shape index (κ1) is 7.98. The van der Waals surface area contributed by atoms with Gasteiger partial charge in [0.2, 0.25) is 0 Å². The Labute approximate surface area is 61.8 Å². The molecular formula is C7H16N2O. The molecule has 0 bridgehead atoms. The molecule has 0 aromatic heterocycles. The third kappa shape index (κ3) is 1.68. The SMILES string of the molecule is CCC1(O)CCN(N)CC1. The summed E-state index contributed by atoms with van der Waals surface area (Å²) < 4.78 is 0. The molecule has 1 aliphatic rings. The molecule has 60 valence electrons. The van der Waals surface area contributed by atoms with Crippen LogP contribution in [0.3, 0.4) is 0 Å². The summed E-state index contributed by atoms with van der Waals surface area (Å²) in [5, 5.41) is 11.5. The molecular weight excluding hydrogens is 128 g/mol. The van der Waals surface area contributed by atoms with Gasteiger partial charge in [0, 0.05) is 13.1 Å². The second-order valence-corrected chi connectivity index (χ2v) is 3.11. The highest BCUT2D eigenvalue weighted by Crippen LogP contribution is 2.23. The Bertz CT molecular complexity index is 108. The van der Waals surface area contributed by atoms with Crippen molar-refractivity contribution in [1.29, 1.82) is 0 Å². The molecule has 0 aromatic rings. The summed E-state index contributed by atoms with van der Waals surface area (Å²) in [5.74, 6) is 5.53. The zero-order valence-corrected chi connectivity index (χ0v) is 6.51. The Balaban J connectivity index is 2.38. The summed E-state index contributed by atoms with van der Waals surface area (Å²) >= 11 is 0. The highest BCUT2D eigenvalue weighted by molar-refractivity contribution is 4.82. The molecule has 0 amide bonds. The van der Waals surface area contributed by atoms with Crippen molar-refractivity contribution in [2.24, 2.45) is 5.84 Å². The number of rotatable bonds is 1. The zero-order chi connectivity index (χ0) is 7.61. The molecule has 0 atom stereocenters. The molecule has 0 unspecified atom stereocenters. The summed E-state index contributed by atoms with van der Waals surface area (Å²) in [6.45, 7) is 3.67. The maximum atomic E-state index is 9.72. The average Bonchev–Trinajstić information content (AvgIpc) is 1.96. The molecule has 3 nitrogen and oxygen atoms in total. The largest absolute Gasteiger partial charge is 0.390 e. The van der Waals surface area contributed by atoms with Gasteiger partial charge in [0.05, 0.1) is 5.60 Å². The summed E-state index contributed by atoms with van der Waals surface area (Å²) in [6.07, 6.45) is 2.49. The number of hydrogen-bond acceptors (Lipinski definition) is 3. The summed E-state index contributed by atoms with van der Waals surface area (Å²) in [5.41, 5.74) is -0.421. The minimum atomic E-state index is -0.421. The van der Waals surface area contributed by atoms with Gasteiger partial charge in [0.25, 0.3) is 0 Å². The van der Waals surface area contributed by atoms with Crippen LogP contribution in [-0.2, 0) is 0 Å². The van der Waals surface area contributed by atoms with Crippen molar-refractivity contribution in [1.82, 2.24) is 5.01 Å². The second kappa shape index (κ2) is 2.86. The lowest BCUT2D eigenvalue weighted by molar-refractivity contribution is -0.0241. The van der Waals surface area contributed by atoms with Crippen molar-refractivity contribution in [2.75, 3.05) is 13.1 Å². The van der Waals surface area contributed by atoms with E-state index in [0.29, 0.717) is 0 Å². The summed E-state index contributed by atoms with van der Waals surface area (Å²) in [6, 6.07) is 0. The van der Waals surface area contributed by atoms with E-state index < -0.39 is 5.60 Å². The van der Waals surface area contributed by atoms with Gasteiger partial charge in [-0.1, -0.05) is 6.92 Å². The first-order chi connectivity index (χ1) is 4.66. The molecule has 0 spiro atoms. The lowest BCUT2D eigenvalue weighted by atomic mass is 9.90. The number of aliphatic hydroxyl groups is 1. The lowest BCUT2D eigenvalue weighted by Gasteiger charge is -2.35. The fraction of sp³-hybridized carbons (Fsp3) is 1.00.